The Hall–Kier alpha value is -0.680. The maximum absolute atomic E-state index is 4.72. The molecule has 0 unspecified atom stereocenters. The van der Waals surface area contributed by atoms with E-state index in [0.717, 1.165) is 36.8 Å². The molecule has 3 aromatic rings. The predicted octanol–water partition coefficient (Wildman–Crippen LogP) is 5.59. The van der Waals surface area contributed by atoms with Gasteiger partial charge >= 0.3 is 0 Å². The molecule has 21 heavy (non-hydrogen) atoms. The van der Waals surface area contributed by atoms with Gasteiger partial charge in [-0.25, -0.2) is 0 Å². The standard InChI is InChI=1S/C17H14S4/c18-14-3-1-2-13-12(14)6-5-11(17(13)21)8-10-4-7-15(19)16(20)9-10/h1-7,9,18-21H,8H2. The Morgan fingerprint density at radius 3 is 2.24 bits per heavy atom. The fraction of sp³-hybridized carbons (Fsp3) is 0.0588. The lowest BCUT2D eigenvalue weighted by atomic mass is 10.0. The first-order valence-electron chi connectivity index (χ1n) is 6.49. The molecular weight excluding hydrogens is 332 g/mol. The molecule has 0 nitrogen and oxygen atoms in total. The van der Waals surface area contributed by atoms with Gasteiger partial charge in [-0.15, -0.1) is 50.5 Å². The van der Waals surface area contributed by atoms with E-state index in [0.29, 0.717) is 0 Å². The minimum absolute atomic E-state index is 0.827. The molecule has 3 rings (SSSR count). The van der Waals surface area contributed by atoms with E-state index in [4.69, 9.17) is 12.6 Å². The van der Waals surface area contributed by atoms with E-state index < -0.39 is 0 Å². The SMILES string of the molecule is Sc1ccc(Cc2ccc3c(S)cccc3c2S)cc1S. The van der Waals surface area contributed by atoms with Crippen LogP contribution in [0.5, 0.6) is 0 Å². The van der Waals surface area contributed by atoms with Crippen LogP contribution in [0.15, 0.2) is 68.1 Å². The summed E-state index contributed by atoms with van der Waals surface area (Å²) in [6.45, 7) is 0. The summed E-state index contributed by atoms with van der Waals surface area (Å²) in [5.74, 6) is 0. The van der Waals surface area contributed by atoms with Gasteiger partial charge in [0.25, 0.3) is 0 Å². The minimum Gasteiger partial charge on any atom is -0.143 e. The van der Waals surface area contributed by atoms with E-state index in [-0.39, 0.29) is 0 Å². The maximum Gasteiger partial charge on any atom is 0.0177 e. The molecule has 0 saturated heterocycles. The molecule has 0 bridgehead atoms. The average molecular weight is 347 g/mol. The van der Waals surface area contributed by atoms with Crippen LogP contribution in [0.2, 0.25) is 0 Å². The third-order valence-electron chi connectivity index (χ3n) is 3.53. The highest BCUT2D eigenvalue weighted by molar-refractivity contribution is 7.83. The van der Waals surface area contributed by atoms with Crippen LogP contribution in [0.4, 0.5) is 0 Å². The zero-order valence-corrected chi connectivity index (χ0v) is 14.7. The Kier molecular flexibility index (Phi) is 4.50. The third kappa shape index (κ3) is 3.09. The highest BCUT2D eigenvalue weighted by Crippen LogP contribution is 2.31. The first kappa shape index (κ1) is 15.2. The molecule has 0 aromatic heterocycles. The van der Waals surface area contributed by atoms with Gasteiger partial charge in [0.2, 0.25) is 0 Å². The van der Waals surface area contributed by atoms with Crippen LogP contribution in [0.3, 0.4) is 0 Å². The monoisotopic (exact) mass is 346 g/mol. The van der Waals surface area contributed by atoms with Crippen LogP contribution < -0.4 is 0 Å². The number of fused-ring (bicyclic) bond motifs is 1. The molecule has 0 amide bonds. The summed E-state index contributed by atoms with van der Waals surface area (Å²) < 4.78 is 0. The van der Waals surface area contributed by atoms with Crippen molar-refractivity contribution in [1.82, 2.24) is 0 Å². The molecular formula is C17H14S4. The minimum atomic E-state index is 0.827. The lowest BCUT2D eigenvalue weighted by Gasteiger charge is -2.11. The normalized spacial score (nSPS) is 11.0. The van der Waals surface area contributed by atoms with E-state index >= 15 is 0 Å². The zero-order chi connectivity index (χ0) is 15.0. The van der Waals surface area contributed by atoms with Crippen molar-refractivity contribution in [3.8, 4) is 0 Å². The van der Waals surface area contributed by atoms with Crippen molar-refractivity contribution in [3.05, 3.63) is 59.7 Å². The predicted molar refractivity (Wildman–Crippen MR) is 102 cm³/mol. The Bertz CT molecular complexity index is 824. The summed E-state index contributed by atoms with van der Waals surface area (Å²) in [5, 5.41) is 2.27. The molecule has 0 saturated carbocycles. The Balaban J connectivity index is 2.05. The molecule has 0 atom stereocenters. The summed E-state index contributed by atoms with van der Waals surface area (Å²) in [5.41, 5.74) is 2.40. The fourth-order valence-electron chi connectivity index (χ4n) is 2.41. The molecule has 0 fully saturated rings. The molecule has 0 aliphatic heterocycles. The molecule has 0 N–H and O–H groups in total. The molecule has 0 radical (unpaired) electrons. The summed E-state index contributed by atoms with van der Waals surface area (Å²) in [6.07, 6.45) is 0.827. The second-order valence-corrected chi connectivity index (χ2v) is 6.84. The average Bonchev–Trinajstić information content (AvgIpc) is 2.46. The van der Waals surface area contributed by atoms with E-state index in [2.05, 4.69) is 68.2 Å². The van der Waals surface area contributed by atoms with E-state index in [9.17, 15) is 0 Å². The highest BCUT2D eigenvalue weighted by Gasteiger charge is 2.07. The van der Waals surface area contributed by atoms with Crippen LogP contribution >= 0.6 is 50.5 Å². The summed E-state index contributed by atoms with van der Waals surface area (Å²) in [7, 11) is 0. The Morgan fingerprint density at radius 1 is 0.667 bits per heavy atom. The molecule has 4 heteroatoms. The molecule has 106 valence electrons. The molecule has 3 aromatic carbocycles. The van der Waals surface area contributed by atoms with Gasteiger partial charge in [-0.2, -0.15) is 0 Å². The smallest absolute Gasteiger partial charge is 0.0177 e. The first-order chi connectivity index (χ1) is 10.1. The van der Waals surface area contributed by atoms with Gasteiger partial charge in [0.05, 0.1) is 0 Å². The van der Waals surface area contributed by atoms with Crippen molar-refractivity contribution < 1.29 is 0 Å². The second-order valence-electron chi connectivity index (χ2n) is 4.95. The van der Waals surface area contributed by atoms with Gasteiger partial charge in [0, 0.05) is 19.6 Å². The first-order valence-corrected chi connectivity index (χ1v) is 8.28. The molecule has 0 spiro atoms. The maximum atomic E-state index is 4.72. The number of benzene rings is 3. The number of thiol groups is 4. The molecule has 0 aliphatic rings. The van der Waals surface area contributed by atoms with Crippen LogP contribution in [-0.2, 0) is 6.42 Å². The van der Waals surface area contributed by atoms with Gasteiger partial charge in [0.1, 0.15) is 0 Å². The lowest BCUT2D eigenvalue weighted by Crippen LogP contribution is -1.92. The molecule has 0 heterocycles. The third-order valence-corrected chi connectivity index (χ3v) is 5.38. The van der Waals surface area contributed by atoms with Gasteiger partial charge in [-0.3, -0.25) is 0 Å². The largest absolute Gasteiger partial charge is 0.143 e. The summed E-state index contributed by atoms with van der Waals surface area (Å²) in [6, 6.07) is 16.4. The fourth-order valence-corrected chi connectivity index (χ4v) is 3.42. The lowest BCUT2D eigenvalue weighted by molar-refractivity contribution is 1.11. The Labute approximate surface area is 146 Å². The zero-order valence-electron chi connectivity index (χ0n) is 11.1. The van der Waals surface area contributed by atoms with Crippen LogP contribution in [0.25, 0.3) is 10.8 Å². The van der Waals surface area contributed by atoms with Gasteiger partial charge < -0.3 is 0 Å². The Morgan fingerprint density at radius 2 is 1.48 bits per heavy atom. The van der Waals surface area contributed by atoms with Gasteiger partial charge in [-0.05, 0) is 46.5 Å². The van der Waals surface area contributed by atoms with E-state index in [1.165, 1.54) is 11.1 Å². The molecule has 0 aliphatic carbocycles. The van der Waals surface area contributed by atoms with Crippen LogP contribution in [-0.4, -0.2) is 0 Å². The van der Waals surface area contributed by atoms with Gasteiger partial charge in [0.15, 0.2) is 0 Å². The van der Waals surface area contributed by atoms with Crippen molar-refractivity contribution in [3.63, 3.8) is 0 Å². The number of rotatable bonds is 2. The second kappa shape index (κ2) is 6.21. The summed E-state index contributed by atoms with van der Waals surface area (Å²) >= 11 is 18.0. The van der Waals surface area contributed by atoms with Gasteiger partial charge in [-0.1, -0.05) is 30.3 Å². The quantitative estimate of drug-likeness (QED) is 0.427. The topological polar surface area (TPSA) is 0 Å². The van der Waals surface area contributed by atoms with Crippen molar-refractivity contribution in [2.45, 2.75) is 26.0 Å². The van der Waals surface area contributed by atoms with Crippen molar-refractivity contribution in [2.75, 3.05) is 0 Å². The van der Waals surface area contributed by atoms with E-state index in [1.807, 2.05) is 18.2 Å². The van der Waals surface area contributed by atoms with Crippen molar-refractivity contribution in [2.24, 2.45) is 0 Å². The van der Waals surface area contributed by atoms with Crippen molar-refractivity contribution in [1.29, 1.82) is 0 Å². The number of hydrogen-bond acceptors (Lipinski definition) is 4. The van der Waals surface area contributed by atoms with Crippen LogP contribution in [0.1, 0.15) is 11.1 Å². The summed E-state index contributed by atoms with van der Waals surface area (Å²) in [4.78, 5) is 3.78. The number of hydrogen-bond donors (Lipinski definition) is 4. The van der Waals surface area contributed by atoms with Crippen molar-refractivity contribution >= 4 is 61.3 Å². The van der Waals surface area contributed by atoms with E-state index in [1.54, 1.807) is 0 Å². The highest BCUT2D eigenvalue weighted by atomic mass is 32.1. The van der Waals surface area contributed by atoms with Crippen LogP contribution in [0, 0.1) is 0 Å².